The highest BCUT2D eigenvalue weighted by molar-refractivity contribution is 7.47. The Morgan fingerprint density at radius 2 is 1.20 bits per heavy atom. The molecular weight excluding hydrogens is 870 g/mol. The van der Waals surface area contributed by atoms with Gasteiger partial charge in [-0.2, -0.15) is 0 Å². The van der Waals surface area contributed by atoms with Crippen LogP contribution in [-0.4, -0.2) is 104 Å². The molecule has 1 saturated carbocycles. The number of aliphatic hydroxyl groups is 4. The van der Waals surface area contributed by atoms with Crippen molar-refractivity contribution in [1.82, 2.24) is 0 Å². The SMILES string of the molecule is CCCCC/C=C\C/C=C\C/C=C\CCCCCCC(=O)O[C@H](COC(=O)CCC/C=C/C[C@@H]1[C@@H](/C=C/[C@@H](O)CCCCC)[C@H](O)C[C@@H]1O)COP(=O)(O)OC[C@@H](O)COP(=O)(O)O. The van der Waals surface area contributed by atoms with Crippen LogP contribution in [-0.2, 0) is 41.8 Å². The Labute approximate surface area is 381 Å². The summed E-state index contributed by atoms with van der Waals surface area (Å²) in [5, 5.41) is 41.1. The predicted octanol–water partition coefficient (Wildman–Crippen LogP) is 8.39. The first kappa shape index (κ1) is 59.7. The molecule has 0 spiro atoms. The molecule has 1 fully saturated rings. The minimum absolute atomic E-state index is 0.0107. The van der Waals surface area contributed by atoms with E-state index in [0.29, 0.717) is 32.1 Å². The normalized spacial score (nSPS) is 20.8. The molecule has 0 amide bonds. The highest BCUT2D eigenvalue weighted by atomic mass is 31.2. The van der Waals surface area contributed by atoms with Gasteiger partial charge in [0.1, 0.15) is 12.7 Å². The molecule has 0 radical (unpaired) electrons. The van der Waals surface area contributed by atoms with Crippen LogP contribution in [0.4, 0.5) is 0 Å². The van der Waals surface area contributed by atoms with Crippen molar-refractivity contribution in [1.29, 1.82) is 0 Å². The summed E-state index contributed by atoms with van der Waals surface area (Å²) in [5.41, 5.74) is 0. The van der Waals surface area contributed by atoms with Crippen LogP contribution in [0.3, 0.4) is 0 Å². The summed E-state index contributed by atoms with van der Waals surface area (Å²) in [6, 6.07) is 0. The Balaban J connectivity index is 2.57. The molecule has 8 atom stereocenters. The van der Waals surface area contributed by atoms with Crippen LogP contribution in [0.25, 0.3) is 0 Å². The molecule has 0 heterocycles. The lowest BCUT2D eigenvalue weighted by Crippen LogP contribution is -2.30. The molecule has 1 unspecified atom stereocenters. The lowest BCUT2D eigenvalue weighted by atomic mass is 9.89. The maximum Gasteiger partial charge on any atom is 0.472 e. The fourth-order valence-electron chi connectivity index (χ4n) is 6.82. The Kier molecular flexibility index (Phi) is 34.3. The van der Waals surface area contributed by atoms with Crippen molar-refractivity contribution in [3.05, 3.63) is 60.8 Å². The van der Waals surface area contributed by atoms with Gasteiger partial charge in [-0.25, -0.2) is 9.13 Å². The van der Waals surface area contributed by atoms with E-state index < -0.39 is 84.5 Å². The molecule has 0 aromatic rings. The van der Waals surface area contributed by atoms with Crippen LogP contribution in [0.15, 0.2) is 60.8 Å². The molecule has 0 aliphatic heterocycles. The molecule has 0 aromatic carbocycles. The van der Waals surface area contributed by atoms with Gasteiger partial charge in [0.15, 0.2) is 6.10 Å². The van der Waals surface area contributed by atoms with Gasteiger partial charge in [0.25, 0.3) is 0 Å². The van der Waals surface area contributed by atoms with Gasteiger partial charge in [-0.3, -0.25) is 23.2 Å². The van der Waals surface area contributed by atoms with Crippen LogP contribution in [0.1, 0.15) is 149 Å². The molecule has 16 nitrogen and oxygen atoms in total. The number of ether oxygens (including phenoxy) is 2. The zero-order chi connectivity index (χ0) is 47.5. The van der Waals surface area contributed by atoms with E-state index in [1.807, 2.05) is 18.2 Å². The topological polar surface area (TPSA) is 256 Å². The van der Waals surface area contributed by atoms with E-state index in [1.165, 1.54) is 19.3 Å². The van der Waals surface area contributed by atoms with Crippen molar-refractivity contribution >= 4 is 27.6 Å². The molecule has 0 saturated heterocycles. The number of hydrogen-bond acceptors (Lipinski definition) is 13. The van der Waals surface area contributed by atoms with Gasteiger partial charge >= 0.3 is 27.6 Å². The summed E-state index contributed by atoms with van der Waals surface area (Å²) >= 11 is 0. The third-order valence-electron chi connectivity index (χ3n) is 10.4. The van der Waals surface area contributed by atoms with Crippen molar-refractivity contribution in [2.24, 2.45) is 11.8 Å². The highest BCUT2D eigenvalue weighted by Crippen LogP contribution is 2.44. The molecule has 1 aliphatic carbocycles. The molecule has 0 bridgehead atoms. The first-order valence-electron chi connectivity index (χ1n) is 23.2. The first-order valence-corrected chi connectivity index (χ1v) is 26.3. The average Bonchev–Trinajstić information content (AvgIpc) is 3.51. The molecule has 0 aromatic heterocycles. The Bertz CT molecular complexity index is 1480. The van der Waals surface area contributed by atoms with Gasteiger partial charge in [-0.15, -0.1) is 0 Å². The third kappa shape index (κ3) is 33.2. The van der Waals surface area contributed by atoms with Gasteiger partial charge in [0.05, 0.1) is 38.1 Å². The van der Waals surface area contributed by atoms with Crippen molar-refractivity contribution in [3.8, 4) is 0 Å². The largest absolute Gasteiger partial charge is 0.472 e. The fourth-order valence-corrected chi connectivity index (χ4v) is 7.97. The van der Waals surface area contributed by atoms with Gasteiger partial charge in [-0.1, -0.05) is 120 Å². The van der Waals surface area contributed by atoms with E-state index in [2.05, 4.69) is 59.4 Å². The monoisotopic (exact) mass is 950 g/mol. The van der Waals surface area contributed by atoms with Crippen LogP contribution in [0.5, 0.6) is 0 Å². The molecule has 64 heavy (non-hydrogen) atoms. The lowest BCUT2D eigenvalue weighted by molar-refractivity contribution is -0.161. The molecule has 7 N–H and O–H groups in total. The number of carbonyl (C=O) groups excluding carboxylic acids is 2. The number of aliphatic hydroxyl groups excluding tert-OH is 4. The zero-order valence-corrected chi connectivity index (χ0v) is 40.0. The second kappa shape index (κ2) is 36.8. The molecule has 1 aliphatic rings. The summed E-state index contributed by atoms with van der Waals surface area (Å²) in [6.45, 7) is 1.33. The average molecular weight is 951 g/mol. The summed E-state index contributed by atoms with van der Waals surface area (Å²) in [5.74, 6) is -1.75. The van der Waals surface area contributed by atoms with Crippen molar-refractivity contribution in [2.75, 3.05) is 26.4 Å². The van der Waals surface area contributed by atoms with Gasteiger partial charge < -0.3 is 44.6 Å². The van der Waals surface area contributed by atoms with E-state index in [1.54, 1.807) is 6.08 Å². The number of hydrogen-bond donors (Lipinski definition) is 7. The maximum atomic E-state index is 12.7. The number of phosphoric ester groups is 2. The second-order valence-electron chi connectivity index (χ2n) is 16.3. The minimum atomic E-state index is -4.90. The number of esters is 2. The minimum Gasteiger partial charge on any atom is -0.462 e. The van der Waals surface area contributed by atoms with E-state index in [4.69, 9.17) is 23.8 Å². The summed E-state index contributed by atoms with van der Waals surface area (Å²) in [6.07, 6.45) is 31.6. The molecular formula is C46H80O16P2. The van der Waals surface area contributed by atoms with Gasteiger partial charge in [0, 0.05) is 25.2 Å². The van der Waals surface area contributed by atoms with Crippen LogP contribution in [0, 0.1) is 11.8 Å². The van der Waals surface area contributed by atoms with Crippen LogP contribution in [0.2, 0.25) is 0 Å². The summed E-state index contributed by atoms with van der Waals surface area (Å²) in [7, 11) is -9.78. The van der Waals surface area contributed by atoms with Crippen molar-refractivity contribution in [2.45, 2.75) is 179 Å². The standard InChI is InChI=1S/C46H80O16P2/c1-3-5-7-8-9-10-11-12-13-14-15-16-17-18-19-20-26-30-46(52)62-40(37-61-64(56,57)60-35-39(48)34-59-63(53,54)55)36-58-45(51)29-25-22-21-24-28-41-42(44(50)33-43(41)49)32-31-38(47)27-23-6-4-2/h9-10,12-13,15-16,21,24,31-32,38-44,47-50H,3-8,11,14,17-20,22-23,25-30,33-37H2,1-2H3,(H,56,57)(H2,53,54,55)/b10-9-,13-12-,16-15-,24-21+,32-31+/t38-,39-,40+,41+,42+,43-,44+/m0/s1. The maximum absolute atomic E-state index is 12.7. The summed E-state index contributed by atoms with van der Waals surface area (Å²) in [4.78, 5) is 53.0. The van der Waals surface area contributed by atoms with Crippen LogP contribution < -0.4 is 0 Å². The van der Waals surface area contributed by atoms with E-state index >= 15 is 0 Å². The Hall–Kier alpha value is -2.30. The molecule has 18 heteroatoms. The number of allylic oxidation sites excluding steroid dienone is 8. The highest BCUT2D eigenvalue weighted by Gasteiger charge is 2.39. The Morgan fingerprint density at radius 1 is 0.641 bits per heavy atom. The van der Waals surface area contributed by atoms with E-state index in [9.17, 15) is 44.0 Å². The van der Waals surface area contributed by atoms with Crippen LogP contribution >= 0.6 is 15.6 Å². The first-order chi connectivity index (χ1) is 30.6. The van der Waals surface area contributed by atoms with Gasteiger partial charge in [0.2, 0.25) is 0 Å². The number of phosphoric acid groups is 2. The Morgan fingerprint density at radius 3 is 1.88 bits per heavy atom. The molecule has 370 valence electrons. The van der Waals surface area contributed by atoms with Crippen molar-refractivity contribution in [3.63, 3.8) is 0 Å². The summed E-state index contributed by atoms with van der Waals surface area (Å²) < 4.78 is 47.8. The quantitative estimate of drug-likeness (QED) is 0.0132. The van der Waals surface area contributed by atoms with Crippen molar-refractivity contribution < 1.29 is 76.9 Å². The van der Waals surface area contributed by atoms with E-state index in [0.717, 1.165) is 64.2 Å². The fraction of sp³-hybridized carbons (Fsp3) is 0.739. The smallest absolute Gasteiger partial charge is 0.462 e. The number of carbonyl (C=O) groups is 2. The molecule has 1 rings (SSSR count). The second-order valence-corrected chi connectivity index (χ2v) is 19.0. The predicted molar refractivity (Wildman–Crippen MR) is 246 cm³/mol. The van der Waals surface area contributed by atoms with Gasteiger partial charge in [-0.05, 0) is 76.5 Å². The number of unbranched alkanes of at least 4 members (excludes halogenated alkanes) is 10. The zero-order valence-electron chi connectivity index (χ0n) is 38.2. The third-order valence-corrected chi connectivity index (χ3v) is 11.9. The van der Waals surface area contributed by atoms with E-state index in [-0.39, 0.29) is 31.1 Å². The lowest BCUT2D eigenvalue weighted by Gasteiger charge is -2.20. The number of rotatable bonds is 39.